The molecule has 0 aliphatic heterocycles. The van der Waals surface area contributed by atoms with E-state index in [2.05, 4.69) is 20.9 Å². The number of carbonyl (C=O) groups is 2. The fraction of sp³-hybridized carbons (Fsp3) is 0.240. The van der Waals surface area contributed by atoms with Crippen molar-refractivity contribution in [3.8, 4) is 17.2 Å². The molecule has 32 heavy (non-hydrogen) atoms. The van der Waals surface area contributed by atoms with Gasteiger partial charge >= 0.3 is 11.9 Å². The molecule has 0 N–H and O–H groups in total. The topological polar surface area (TPSA) is 74.7 Å². The lowest BCUT2D eigenvalue weighted by Gasteiger charge is -2.14. The Kier molecular flexibility index (Phi) is 8.00. The van der Waals surface area contributed by atoms with Gasteiger partial charge in [0.05, 0.1) is 12.3 Å². The van der Waals surface area contributed by atoms with Crippen molar-refractivity contribution in [1.29, 1.82) is 0 Å². The molecule has 0 spiro atoms. The number of carbonyl (C=O) groups excluding carboxylic acids is 2. The third-order valence-electron chi connectivity index (χ3n) is 4.50. The van der Waals surface area contributed by atoms with Crippen molar-refractivity contribution in [1.82, 2.24) is 4.98 Å². The summed E-state index contributed by atoms with van der Waals surface area (Å²) >= 11 is 3.48. The molecule has 0 unspecified atom stereocenters. The Hall–Kier alpha value is -3.19. The molecule has 7 heteroatoms. The van der Waals surface area contributed by atoms with Gasteiger partial charge in [-0.2, -0.15) is 0 Å². The van der Waals surface area contributed by atoms with Gasteiger partial charge in [0.25, 0.3) is 0 Å². The Morgan fingerprint density at radius 2 is 1.69 bits per heavy atom. The SMILES string of the molecule is CCOc1cc(Br)cc(/C=C/c2ccc3cccc(OC(=O)CC)c3n2)c1OC(=O)CC. The molecule has 3 aromatic rings. The summed E-state index contributed by atoms with van der Waals surface area (Å²) in [6.45, 7) is 5.77. The second kappa shape index (κ2) is 10.9. The number of esters is 2. The quantitative estimate of drug-likeness (QED) is 0.272. The van der Waals surface area contributed by atoms with Gasteiger partial charge in [-0.05, 0) is 43.3 Å². The fourth-order valence-corrected chi connectivity index (χ4v) is 3.41. The minimum Gasteiger partial charge on any atom is -0.490 e. The lowest BCUT2D eigenvalue weighted by Crippen LogP contribution is -2.08. The van der Waals surface area contributed by atoms with Gasteiger partial charge in [0, 0.05) is 28.3 Å². The van der Waals surface area contributed by atoms with Crippen LogP contribution in [0, 0.1) is 0 Å². The first-order valence-electron chi connectivity index (χ1n) is 10.4. The smallest absolute Gasteiger partial charge is 0.311 e. The Labute approximate surface area is 195 Å². The van der Waals surface area contributed by atoms with Crippen LogP contribution < -0.4 is 14.2 Å². The van der Waals surface area contributed by atoms with Crippen molar-refractivity contribution in [3.63, 3.8) is 0 Å². The molecule has 0 saturated carbocycles. The van der Waals surface area contributed by atoms with E-state index in [-0.39, 0.29) is 24.8 Å². The Morgan fingerprint density at radius 1 is 0.938 bits per heavy atom. The van der Waals surface area contributed by atoms with Crippen LogP contribution in [0.1, 0.15) is 44.9 Å². The van der Waals surface area contributed by atoms with E-state index in [4.69, 9.17) is 14.2 Å². The van der Waals surface area contributed by atoms with E-state index in [1.54, 1.807) is 38.1 Å². The predicted octanol–water partition coefficient (Wildman–Crippen LogP) is 6.20. The van der Waals surface area contributed by atoms with Crippen LogP contribution in [0.25, 0.3) is 23.1 Å². The number of hydrogen-bond acceptors (Lipinski definition) is 6. The number of hydrogen-bond donors (Lipinski definition) is 0. The molecule has 0 atom stereocenters. The van der Waals surface area contributed by atoms with Crippen LogP contribution in [-0.4, -0.2) is 23.5 Å². The number of fused-ring (bicyclic) bond motifs is 1. The minimum absolute atomic E-state index is 0.246. The summed E-state index contributed by atoms with van der Waals surface area (Å²) in [4.78, 5) is 28.4. The molecule has 1 heterocycles. The Bertz CT molecular complexity index is 1170. The molecule has 0 bridgehead atoms. The molecular formula is C25H24BrNO5. The summed E-state index contributed by atoms with van der Waals surface area (Å²) in [7, 11) is 0. The summed E-state index contributed by atoms with van der Waals surface area (Å²) in [5.41, 5.74) is 1.92. The molecule has 1 aromatic heterocycles. The average molecular weight is 498 g/mol. The van der Waals surface area contributed by atoms with Crippen molar-refractivity contribution in [2.45, 2.75) is 33.6 Å². The molecule has 0 fully saturated rings. The predicted molar refractivity (Wildman–Crippen MR) is 128 cm³/mol. The highest BCUT2D eigenvalue weighted by Crippen LogP contribution is 2.36. The zero-order valence-electron chi connectivity index (χ0n) is 18.2. The van der Waals surface area contributed by atoms with Gasteiger partial charge in [0.15, 0.2) is 17.2 Å². The van der Waals surface area contributed by atoms with Crippen LogP contribution in [-0.2, 0) is 9.59 Å². The van der Waals surface area contributed by atoms with Crippen LogP contribution in [0.4, 0.5) is 0 Å². The van der Waals surface area contributed by atoms with Gasteiger partial charge in [-0.3, -0.25) is 9.59 Å². The largest absolute Gasteiger partial charge is 0.490 e. The molecule has 3 rings (SSSR count). The minimum atomic E-state index is -0.353. The molecule has 2 aromatic carbocycles. The number of benzene rings is 2. The fourth-order valence-electron chi connectivity index (χ4n) is 2.95. The second-order valence-electron chi connectivity index (χ2n) is 6.81. The standard InChI is InChI=1S/C25H24BrNO5/c1-4-22(28)31-20-9-7-8-16-10-12-19(27-24(16)20)13-11-17-14-18(26)15-21(30-6-3)25(17)32-23(29)5-2/h7-15H,4-6H2,1-3H3/b13-11+. The first-order valence-corrected chi connectivity index (χ1v) is 11.2. The molecule has 0 aliphatic rings. The van der Waals surface area contributed by atoms with Crippen LogP contribution in [0.2, 0.25) is 0 Å². The second-order valence-corrected chi connectivity index (χ2v) is 7.72. The van der Waals surface area contributed by atoms with E-state index < -0.39 is 0 Å². The van der Waals surface area contributed by atoms with Crippen molar-refractivity contribution in [2.75, 3.05) is 6.61 Å². The van der Waals surface area contributed by atoms with E-state index >= 15 is 0 Å². The lowest BCUT2D eigenvalue weighted by molar-refractivity contribution is -0.134. The third kappa shape index (κ3) is 5.73. The number of rotatable bonds is 8. The van der Waals surface area contributed by atoms with Crippen molar-refractivity contribution in [2.24, 2.45) is 0 Å². The summed E-state index contributed by atoms with van der Waals surface area (Å²) in [6.07, 6.45) is 4.13. The Balaban J connectivity index is 2.02. The summed E-state index contributed by atoms with van der Waals surface area (Å²) < 4.78 is 17.4. The third-order valence-corrected chi connectivity index (χ3v) is 4.96. The highest BCUT2D eigenvalue weighted by atomic mass is 79.9. The maximum atomic E-state index is 12.0. The van der Waals surface area contributed by atoms with Crippen LogP contribution in [0.15, 0.2) is 46.9 Å². The first-order chi connectivity index (χ1) is 15.4. The van der Waals surface area contributed by atoms with Gasteiger partial charge < -0.3 is 14.2 Å². The van der Waals surface area contributed by atoms with Crippen LogP contribution in [0.5, 0.6) is 17.2 Å². The zero-order chi connectivity index (χ0) is 23.1. The Morgan fingerprint density at radius 3 is 2.41 bits per heavy atom. The van der Waals surface area contributed by atoms with Gasteiger partial charge in [-0.25, -0.2) is 4.98 Å². The van der Waals surface area contributed by atoms with E-state index in [0.717, 1.165) is 9.86 Å². The van der Waals surface area contributed by atoms with Gasteiger partial charge in [-0.1, -0.05) is 48.0 Å². The first kappa shape index (κ1) is 23.5. The highest BCUT2D eigenvalue weighted by molar-refractivity contribution is 9.10. The molecule has 0 amide bonds. The molecule has 0 saturated heterocycles. The van der Waals surface area contributed by atoms with E-state index in [9.17, 15) is 9.59 Å². The van der Waals surface area contributed by atoms with Crippen LogP contribution >= 0.6 is 15.9 Å². The number of para-hydroxylation sites is 1. The van der Waals surface area contributed by atoms with Crippen molar-refractivity contribution < 1.29 is 23.8 Å². The van der Waals surface area contributed by atoms with Gasteiger partial charge in [-0.15, -0.1) is 0 Å². The lowest BCUT2D eigenvalue weighted by atomic mass is 10.1. The average Bonchev–Trinajstić information content (AvgIpc) is 2.79. The van der Waals surface area contributed by atoms with Gasteiger partial charge in [0.1, 0.15) is 5.52 Å². The maximum absolute atomic E-state index is 12.0. The highest BCUT2D eigenvalue weighted by Gasteiger charge is 2.15. The summed E-state index contributed by atoms with van der Waals surface area (Å²) in [5, 5.41) is 0.863. The van der Waals surface area contributed by atoms with Gasteiger partial charge in [0.2, 0.25) is 0 Å². The zero-order valence-corrected chi connectivity index (χ0v) is 19.8. The van der Waals surface area contributed by atoms with E-state index in [1.165, 1.54) is 0 Å². The number of nitrogens with zero attached hydrogens (tertiary/aromatic N) is 1. The molecule has 166 valence electrons. The summed E-state index contributed by atoms with van der Waals surface area (Å²) in [5.74, 6) is 0.581. The number of pyridine rings is 1. The molecule has 0 aliphatic carbocycles. The summed E-state index contributed by atoms with van der Waals surface area (Å²) in [6, 6.07) is 12.8. The normalized spacial score (nSPS) is 11.0. The molecular weight excluding hydrogens is 474 g/mol. The monoisotopic (exact) mass is 497 g/mol. The maximum Gasteiger partial charge on any atom is 0.311 e. The number of halogens is 1. The number of ether oxygens (including phenoxy) is 3. The van der Waals surface area contributed by atoms with Crippen molar-refractivity contribution >= 4 is 50.9 Å². The number of aromatic nitrogens is 1. The van der Waals surface area contributed by atoms with E-state index in [0.29, 0.717) is 40.6 Å². The molecule has 0 radical (unpaired) electrons. The molecule has 6 nitrogen and oxygen atoms in total. The van der Waals surface area contributed by atoms with E-state index in [1.807, 2.05) is 37.3 Å². The van der Waals surface area contributed by atoms with Crippen LogP contribution in [0.3, 0.4) is 0 Å². The van der Waals surface area contributed by atoms with Crippen molar-refractivity contribution in [3.05, 3.63) is 58.2 Å².